The minimum Gasteiger partial charge on any atom is -0.457 e. The van der Waals surface area contributed by atoms with Crippen molar-refractivity contribution in [2.75, 3.05) is 26.4 Å². The number of unbranched alkanes of at least 4 members (excludes halogenated alkanes) is 33. The summed E-state index contributed by atoms with van der Waals surface area (Å²) in [5.41, 5.74) is 0. The van der Waals surface area contributed by atoms with Gasteiger partial charge in [0.05, 0.1) is 19.8 Å². The monoisotopic (exact) mass is 949 g/mol. The number of carbonyl (C=O) groups is 1. The number of carbonyl (C=O) groups excluding carboxylic acids is 1. The molecular formula is C52H100O12S. The van der Waals surface area contributed by atoms with Gasteiger partial charge in [-0.05, 0) is 38.5 Å². The highest BCUT2D eigenvalue weighted by Gasteiger charge is 2.48. The standard InChI is InChI=1S/C52H100O12S/c1-3-5-7-9-11-13-15-17-19-21-22-23-24-25-26-28-30-32-34-36-38-40-42-60-44-46(45-61-52-50(56)51(64-65(57,58)59)49(55)47(43-53)63-52)62-48(54)41-39-37-35-33-31-29-27-20-18-16-14-12-10-8-6-4-2/h21-22,46-47,49-53,55-56H,3-20,23-45H2,1-2H3,(H,57,58,59)/b22-21-. The van der Waals surface area contributed by atoms with Crippen molar-refractivity contribution in [2.45, 2.75) is 288 Å². The Morgan fingerprint density at radius 3 is 1.38 bits per heavy atom. The van der Waals surface area contributed by atoms with Gasteiger partial charge in [-0.1, -0.05) is 219 Å². The minimum absolute atomic E-state index is 0.0412. The highest BCUT2D eigenvalue weighted by Crippen LogP contribution is 2.26. The second-order valence-corrected chi connectivity index (χ2v) is 19.9. The topological polar surface area (TPSA) is 178 Å². The molecule has 1 fully saturated rings. The van der Waals surface area contributed by atoms with E-state index < -0.39 is 59.8 Å². The third kappa shape index (κ3) is 37.4. The predicted octanol–water partition coefficient (Wildman–Crippen LogP) is 12.6. The first-order valence-electron chi connectivity index (χ1n) is 26.9. The summed E-state index contributed by atoms with van der Waals surface area (Å²) in [6.45, 7) is 4.04. The fourth-order valence-electron chi connectivity index (χ4n) is 8.55. The molecular weight excluding hydrogens is 849 g/mol. The Morgan fingerprint density at radius 2 is 0.969 bits per heavy atom. The number of hydrogen-bond acceptors (Lipinski definition) is 11. The molecule has 0 aromatic carbocycles. The van der Waals surface area contributed by atoms with Crippen molar-refractivity contribution in [3.63, 3.8) is 0 Å². The second-order valence-electron chi connectivity index (χ2n) is 18.8. The van der Waals surface area contributed by atoms with Crippen molar-refractivity contribution in [1.29, 1.82) is 0 Å². The van der Waals surface area contributed by atoms with Crippen molar-refractivity contribution < 1.29 is 56.2 Å². The maximum atomic E-state index is 12.9. The molecule has 0 aromatic rings. The van der Waals surface area contributed by atoms with Crippen LogP contribution < -0.4 is 0 Å². The van der Waals surface area contributed by atoms with Gasteiger partial charge in [-0.15, -0.1) is 0 Å². The van der Waals surface area contributed by atoms with E-state index in [-0.39, 0.29) is 19.6 Å². The van der Waals surface area contributed by atoms with Gasteiger partial charge in [-0.3, -0.25) is 9.35 Å². The number of aliphatic hydroxyl groups is 3. The van der Waals surface area contributed by atoms with Crippen LogP contribution in [0.1, 0.15) is 251 Å². The van der Waals surface area contributed by atoms with Crippen LogP contribution in [0.2, 0.25) is 0 Å². The van der Waals surface area contributed by atoms with E-state index in [4.69, 9.17) is 18.9 Å². The lowest BCUT2D eigenvalue weighted by molar-refractivity contribution is -0.301. The summed E-state index contributed by atoms with van der Waals surface area (Å²) < 4.78 is 59.3. The van der Waals surface area contributed by atoms with Gasteiger partial charge in [0.25, 0.3) is 0 Å². The average Bonchev–Trinajstić information content (AvgIpc) is 3.28. The Kier molecular flexibility index (Phi) is 41.9. The fraction of sp³-hybridized carbons (Fsp3) is 0.942. The Bertz CT molecular complexity index is 1190. The van der Waals surface area contributed by atoms with Crippen LogP contribution in [0.15, 0.2) is 12.2 Å². The Labute approximate surface area is 398 Å². The molecule has 0 amide bonds. The molecule has 12 nitrogen and oxygen atoms in total. The van der Waals surface area contributed by atoms with E-state index in [1.54, 1.807) is 0 Å². The zero-order chi connectivity index (χ0) is 47.5. The van der Waals surface area contributed by atoms with Gasteiger partial charge >= 0.3 is 16.4 Å². The van der Waals surface area contributed by atoms with Crippen LogP contribution in [0.3, 0.4) is 0 Å². The molecule has 1 aliphatic heterocycles. The van der Waals surface area contributed by atoms with Gasteiger partial charge in [0.1, 0.15) is 30.5 Å². The molecule has 0 spiro atoms. The quantitative estimate of drug-likeness (QED) is 0.0197. The second kappa shape index (κ2) is 44.1. The van der Waals surface area contributed by atoms with E-state index in [9.17, 15) is 33.1 Å². The highest BCUT2D eigenvalue weighted by molar-refractivity contribution is 7.80. The Balaban J connectivity index is 2.31. The summed E-state index contributed by atoms with van der Waals surface area (Å²) in [6, 6.07) is 0. The molecule has 386 valence electrons. The van der Waals surface area contributed by atoms with Crippen LogP contribution in [0, 0.1) is 0 Å². The van der Waals surface area contributed by atoms with Gasteiger partial charge in [-0.25, -0.2) is 4.18 Å². The van der Waals surface area contributed by atoms with E-state index in [2.05, 4.69) is 30.2 Å². The number of esters is 1. The minimum atomic E-state index is -5.06. The SMILES string of the molecule is CCCCCCCCCC/C=C\CCCCCCCCCCCCOCC(COC1OC(CO)C(O)C(OS(=O)(=O)O)C1O)OC(=O)CCCCCCCCCCCCCCCCCC. The Hall–Kier alpha value is -1.16. The summed E-state index contributed by atoms with van der Waals surface area (Å²) in [5.74, 6) is -0.393. The summed E-state index contributed by atoms with van der Waals surface area (Å²) in [4.78, 5) is 12.9. The van der Waals surface area contributed by atoms with Crippen LogP contribution in [0.4, 0.5) is 0 Å². The van der Waals surface area contributed by atoms with E-state index in [1.165, 1.54) is 186 Å². The van der Waals surface area contributed by atoms with Crippen LogP contribution in [0.25, 0.3) is 0 Å². The molecule has 1 heterocycles. The van der Waals surface area contributed by atoms with Crippen LogP contribution in [-0.4, -0.2) is 97.5 Å². The number of allylic oxidation sites excluding steroid dienone is 2. The largest absolute Gasteiger partial charge is 0.457 e. The van der Waals surface area contributed by atoms with E-state index >= 15 is 0 Å². The van der Waals surface area contributed by atoms with E-state index in [0.29, 0.717) is 13.0 Å². The molecule has 0 bridgehead atoms. The lowest BCUT2D eigenvalue weighted by atomic mass is 9.99. The van der Waals surface area contributed by atoms with E-state index in [0.717, 1.165) is 38.5 Å². The van der Waals surface area contributed by atoms with Crippen LogP contribution in [-0.2, 0) is 38.3 Å². The van der Waals surface area contributed by atoms with Gasteiger partial charge in [0.15, 0.2) is 6.29 Å². The number of ether oxygens (including phenoxy) is 4. The van der Waals surface area contributed by atoms with Crippen LogP contribution in [0.5, 0.6) is 0 Å². The molecule has 4 N–H and O–H groups in total. The number of rotatable bonds is 48. The lowest BCUT2D eigenvalue weighted by Crippen LogP contribution is -2.60. The molecule has 0 radical (unpaired) electrons. The van der Waals surface area contributed by atoms with Gasteiger partial charge in [0.2, 0.25) is 0 Å². The van der Waals surface area contributed by atoms with Crippen molar-refractivity contribution in [2.24, 2.45) is 0 Å². The lowest BCUT2D eigenvalue weighted by Gasteiger charge is -2.41. The summed E-state index contributed by atoms with van der Waals surface area (Å²) in [7, 11) is -5.06. The molecule has 1 aliphatic rings. The predicted molar refractivity (Wildman–Crippen MR) is 262 cm³/mol. The molecule has 65 heavy (non-hydrogen) atoms. The van der Waals surface area contributed by atoms with E-state index in [1.807, 2.05) is 0 Å². The fourth-order valence-corrected chi connectivity index (χ4v) is 9.06. The van der Waals surface area contributed by atoms with Gasteiger partial charge in [-0.2, -0.15) is 8.42 Å². The number of aliphatic hydroxyl groups excluding tert-OH is 3. The van der Waals surface area contributed by atoms with Crippen molar-refractivity contribution >= 4 is 16.4 Å². The molecule has 0 aromatic heterocycles. The summed E-state index contributed by atoms with van der Waals surface area (Å²) >= 11 is 0. The third-order valence-electron chi connectivity index (χ3n) is 12.6. The maximum absolute atomic E-state index is 12.9. The first-order valence-corrected chi connectivity index (χ1v) is 28.3. The summed E-state index contributed by atoms with van der Waals surface area (Å²) in [5, 5.41) is 30.8. The molecule has 0 aliphatic carbocycles. The van der Waals surface area contributed by atoms with Crippen molar-refractivity contribution in [3.8, 4) is 0 Å². The molecule has 13 heteroatoms. The first kappa shape index (κ1) is 61.9. The molecule has 6 atom stereocenters. The zero-order valence-corrected chi connectivity index (χ0v) is 42.4. The molecule has 0 saturated carbocycles. The zero-order valence-electron chi connectivity index (χ0n) is 41.6. The third-order valence-corrected chi connectivity index (χ3v) is 13.1. The Morgan fingerprint density at radius 1 is 0.569 bits per heavy atom. The van der Waals surface area contributed by atoms with Crippen molar-refractivity contribution in [1.82, 2.24) is 0 Å². The number of hydrogen-bond donors (Lipinski definition) is 4. The highest BCUT2D eigenvalue weighted by atomic mass is 32.3. The smallest absolute Gasteiger partial charge is 0.397 e. The van der Waals surface area contributed by atoms with Crippen LogP contribution >= 0.6 is 0 Å². The van der Waals surface area contributed by atoms with Crippen molar-refractivity contribution in [3.05, 3.63) is 12.2 Å². The average molecular weight is 949 g/mol. The van der Waals surface area contributed by atoms with Gasteiger partial charge in [0, 0.05) is 13.0 Å². The molecule has 1 saturated heterocycles. The maximum Gasteiger partial charge on any atom is 0.397 e. The molecule has 6 unspecified atom stereocenters. The normalized spacial score (nSPS) is 19.6. The first-order chi connectivity index (χ1) is 31.6. The summed E-state index contributed by atoms with van der Waals surface area (Å²) in [6.07, 6.45) is 41.0. The molecule has 1 rings (SSSR count). The van der Waals surface area contributed by atoms with Gasteiger partial charge < -0.3 is 34.3 Å².